The molecule has 1 atom stereocenters. The summed E-state index contributed by atoms with van der Waals surface area (Å²) in [4.78, 5) is 20.0. The summed E-state index contributed by atoms with van der Waals surface area (Å²) in [5.74, 6) is 0.0276. The molecule has 0 radical (unpaired) electrons. The van der Waals surface area contributed by atoms with Crippen LogP contribution >= 0.6 is 23.1 Å². The predicted molar refractivity (Wildman–Crippen MR) is 70.1 cm³/mol. The highest BCUT2D eigenvalue weighted by molar-refractivity contribution is 8.00. The second-order valence-corrected chi connectivity index (χ2v) is 5.81. The summed E-state index contributed by atoms with van der Waals surface area (Å²) in [5, 5.41) is 5.52. The van der Waals surface area contributed by atoms with Crippen LogP contribution in [-0.4, -0.2) is 21.1 Å². The Bertz CT molecular complexity index is 453. The summed E-state index contributed by atoms with van der Waals surface area (Å²) >= 11 is 3.06. The Kier molecular flexibility index (Phi) is 4.22. The van der Waals surface area contributed by atoms with Gasteiger partial charge in [0, 0.05) is 17.3 Å². The molecule has 0 aliphatic carbocycles. The topological polar surface area (TPSA) is 57.8 Å². The Morgan fingerprint density at radius 3 is 3.24 bits per heavy atom. The number of thioether (sulfide) groups is 1. The van der Waals surface area contributed by atoms with Crippen LogP contribution in [0.1, 0.15) is 11.8 Å². The van der Waals surface area contributed by atoms with Crippen LogP contribution in [0.3, 0.4) is 0 Å². The minimum atomic E-state index is -0.152. The third-order valence-corrected chi connectivity index (χ3v) is 4.04. The summed E-state index contributed by atoms with van der Waals surface area (Å²) in [7, 11) is 0. The van der Waals surface area contributed by atoms with Gasteiger partial charge in [0.1, 0.15) is 0 Å². The number of nitrogens with one attached hydrogen (secondary N) is 2. The van der Waals surface area contributed by atoms with Crippen molar-refractivity contribution in [1.29, 1.82) is 0 Å². The number of hydrogen-bond donors (Lipinski definition) is 2. The molecule has 0 spiro atoms. The first-order chi connectivity index (χ1) is 8.25. The van der Waals surface area contributed by atoms with Crippen molar-refractivity contribution in [3.05, 3.63) is 34.8 Å². The molecule has 2 rings (SSSR count). The van der Waals surface area contributed by atoms with E-state index in [4.69, 9.17) is 0 Å². The number of hydrogen-bond acceptors (Lipinski definition) is 4. The average molecular weight is 267 g/mol. The number of amides is 1. The molecule has 6 heteroatoms. The van der Waals surface area contributed by atoms with Gasteiger partial charge in [-0.15, -0.1) is 11.3 Å². The Morgan fingerprint density at radius 2 is 2.59 bits per heavy atom. The molecule has 0 bridgehead atoms. The highest BCUT2D eigenvalue weighted by atomic mass is 32.2. The number of rotatable bonds is 5. The standard InChI is InChI=1S/C11H13N3OS2/c1-8(17-11-12-4-5-13-11)10(15)14-7-9-3-2-6-16-9/h2-6,8H,7H2,1H3,(H,12,13)(H,14,15)/t8-/m1/s1. The Balaban J connectivity index is 1.79. The molecule has 0 saturated carbocycles. The van der Waals surface area contributed by atoms with E-state index in [0.717, 1.165) is 10.0 Å². The van der Waals surface area contributed by atoms with Crippen molar-refractivity contribution < 1.29 is 4.79 Å². The zero-order valence-corrected chi connectivity index (χ0v) is 11.0. The number of aromatic nitrogens is 2. The van der Waals surface area contributed by atoms with Gasteiger partial charge in [0.05, 0.1) is 11.8 Å². The molecule has 0 fully saturated rings. The predicted octanol–water partition coefficient (Wildman–Crippen LogP) is 2.27. The SMILES string of the molecule is C[C@@H](Sc1ncc[nH]1)C(=O)NCc1cccs1. The summed E-state index contributed by atoms with van der Waals surface area (Å²) in [6.07, 6.45) is 3.43. The average Bonchev–Trinajstić information content (AvgIpc) is 2.98. The van der Waals surface area contributed by atoms with Gasteiger partial charge < -0.3 is 10.3 Å². The van der Waals surface area contributed by atoms with E-state index >= 15 is 0 Å². The third-order valence-electron chi connectivity index (χ3n) is 2.15. The highest BCUT2D eigenvalue weighted by Crippen LogP contribution is 2.18. The monoisotopic (exact) mass is 267 g/mol. The first-order valence-electron chi connectivity index (χ1n) is 5.22. The second kappa shape index (κ2) is 5.88. The van der Waals surface area contributed by atoms with Gasteiger partial charge >= 0.3 is 0 Å². The first-order valence-corrected chi connectivity index (χ1v) is 6.98. The molecule has 4 nitrogen and oxygen atoms in total. The number of carbonyl (C=O) groups excluding carboxylic acids is 1. The Morgan fingerprint density at radius 1 is 1.71 bits per heavy atom. The first kappa shape index (κ1) is 12.2. The normalized spacial score (nSPS) is 12.3. The molecule has 0 aliphatic heterocycles. The Labute approximate surface area is 108 Å². The van der Waals surface area contributed by atoms with Crippen molar-refractivity contribution in [3.63, 3.8) is 0 Å². The number of carbonyl (C=O) groups is 1. The molecule has 1 amide bonds. The van der Waals surface area contributed by atoms with Crippen molar-refractivity contribution in [3.8, 4) is 0 Å². The minimum absolute atomic E-state index is 0.0276. The van der Waals surface area contributed by atoms with Gasteiger partial charge in [-0.25, -0.2) is 4.98 Å². The maximum Gasteiger partial charge on any atom is 0.233 e. The van der Waals surface area contributed by atoms with E-state index in [9.17, 15) is 4.79 Å². The summed E-state index contributed by atoms with van der Waals surface area (Å²) < 4.78 is 0. The van der Waals surface area contributed by atoms with Gasteiger partial charge in [0.2, 0.25) is 5.91 Å². The molecular formula is C11H13N3OS2. The van der Waals surface area contributed by atoms with Gasteiger partial charge in [-0.3, -0.25) is 4.79 Å². The molecule has 0 aromatic carbocycles. The zero-order chi connectivity index (χ0) is 12.1. The van der Waals surface area contributed by atoms with E-state index in [0.29, 0.717) is 6.54 Å². The summed E-state index contributed by atoms with van der Waals surface area (Å²) in [5.41, 5.74) is 0. The van der Waals surface area contributed by atoms with Gasteiger partial charge in [0.25, 0.3) is 0 Å². The molecule has 17 heavy (non-hydrogen) atoms. The van der Waals surface area contributed by atoms with E-state index in [1.54, 1.807) is 23.7 Å². The van der Waals surface area contributed by atoms with Gasteiger partial charge in [-0.2, -0.15) is 0 Å². The van der Waals surface area contributed by atoms with Crippen LogP contribution in [0.4, 0.5) is 0 Å². The lowest BCUT2D eigenvalue weighted by atomic mass is 10.4. The van der Waals surface area contributed by atoms with Crippen LogP contribution in [0, 0.1) is 0 Å². The molecule has 2 heterocycles. The molecule has 0 saturated heterocycles. The van der Waals surface area contributed by atoms with E-state index in [1.807, 2.05) is 24.4 Å². The van der Waals surface area contributed by atoms with Crippen LogP contribution in [0.2, 0.25) is 0 Å². The lowest BCUT2D eigenvalue weighted by molar-refractivity contribution is -0.120. The third kappa shape index (κ3) is 3.61. The number of nitrogens with zero attached hydrogens (tertiary/aromatic N) is 1. The smallest absolute Gasteiger partial charge is 0.233 e. The molecule has 0 aliphatic rings. The van der Waals surface area contributed by atoms with Crippen molar-refractivity contribution in [2.45, 2.75) is 23.9 Å². The zero-order valence-electron chi connectivity index (χ0n) is 9.34. The fraction of sp³-hybridized carbons (Fsp3) is 0.273. The van der Waals surface area contributed by atoms with Crippen LogP contribution in [0.15, 0.2) is 35.1 Å². The fourth-order valence-corrected chi connectivity index (χ4v) is 2.69. The molecule has 90 valence electrons. The lowest BCUT2D eigenvalue weighted by Crippen LogP contribution is -2.30. The van der Waals surface area contributed by atoms with Gasteiger partial charge in [-0.1, -0.05) is 17.8 Å². The largest absolute Gasteiger partial charge is 0.350 e. The molecule has 2 aromatic heterocycles. The summed E-state index contributed by atoms with van der Waals surface area (Å²) in [6.45, 7) is 2.47. The minimum Gasteiger partial charge on any atom is -0.350 e. The van der Waals surface area contributed by atoms with E-state index in [1.165, 1.54) is 11.8 Å². The molecule has 0 unspecified atom stereocenters. The molecule has 2 N–H and O–H groups in total. The lowest BCUT2D eigenvalue weighted by Gasteiger charge is -2.09. The van der Waals surface area contributed by atoms with Crippen molar-refractivity contribution in [2.24, 2.45) is 0 Å². The summed E-state index contributed by atoms with van der Waals surface area (Å²) in [6, 6.07) is 3.99. The number of H-pyrrole nitrogens is 1. The van der Waals surface area contributed by atoms with Crippen LogP contribution in [0.5, 0.6) is 0 Å². The number of aromatic amines is 1. The second-order valence-electron chi connectivity index (χ2n) is 3.45. The van der Waals surface area contributed by atoms with Crippen molar-refractivity contribution in [1.82, 2.24) is 15.3 Å². The maximum atomic E-state index is 11.8. The van der Waals surface area contributed by atoms with Gasteiger partial charge in [-0.05, 0) is 18.4 Å². The van der Waals surface area contributed by atoms with Gasteiger partial charge in [0.15, 0.2) is 5.16 Å². The molecular weight excluding hydrogens is 254 g/mol. The van der Waals surface area contributed by atoms with Crippen LogP contribution in [0.25, 0.3) is 0 Å². The van der Waals surface area contributed by atoms with Crippen LogP contribution < -0.4 is 5.32 Å². The number of imidazole rings is 1. The van der Waals surface area contributed by atoms with E-state index < -0.39 is 0 Å². The Hall–Kier alpha value is -1.27. The fourth-order valence-electron chi connectivity index (χ4n) is 1.27. The van der Waals surface area contributed by atoms with E-state index in [2.05, 4.69) is 15.3 Å². The van der Waals surface area contributed by atoms with Crippen molar-refractivity contribution >= 4 is 29.0 Å². The number of thiophene rings is 1. The van der Waals surface area contributed by atoms with Crippen LogP contribution in [-0.2, 0) is 11.3 Å². The van der Waals surface area contributed by atoms with E-state index in [-0.39, 0.29) is 11.2 Å². The maximum absolute atomic E-state index is 11.8. The quantitative estimate of drug-likeness (QED) is 0.817. The van der Waals surface area contributed by atoms with Crippen molar-refractivity contribution in [2.75, 3.05) is 0 Å². The highest BCUT2D eigenvalue weighted by Gasteiger charge is 2.15. The molecule has 2 aromatic rings.